The Bertz CT molecular complexity index is 400. The lowest BCUT2D eigenvalue weighted by Crippen LogP contribution is -2.51. The number of rotatable bonds is 6. The van der Waals surface area contributed by atoms with Gasteiger partial charge in [0.1, 0.15) is 0 Å². The van der Waals surface area contributed by atoms with Gasteiger partial charge in [-0.15, -0.1) is 0 Å². The molecule has 6 nitrogen and oxygen atoms in total. The van der Waals surface area contributed by atoms with Crippen molar-refractivity contribution >= 4 is 15.9 Å². The highest BCUT2D eigenvalue weighted by Gasteiger charge is 2.23. The fourth-order valence-electron chi connectivity index (χ4n) is 2.29. The number of carbonyl (C=O) groups excluding carboxylic acids is 1. The van der Waals surface area contributed by atoms with Gasteiger partial charge in [-0.3, -0.25) is 4.79 Å². The zero-order chi connectivity index (χ0) is 14.5. The molecule has 0 spiro atoms. The average Bonchev–Trinajstić information content (AvgIpc) is 2.25. The fourth-order valence-corrected chi connectivity index (χ4v) is 3.37. The molecule has 1 saturated heterocycles. The van der Waals surface area contributed by atoms with Gasteiger partial charge < -0.3 is 10.6 Å². The molecule has 3 N–H and O–H groups in total. The Morgan fingerprint density at radius 1 is 1.42 bits per heavy atom. The lowest BCUT2D eigenvalue weighted by Gasteiger charge is -2.26. The third-order valence-electron chi connectivity index (χ3n) is 3.06. The summed E-state index contributed by atoms with van der Waals surface area (Å²) in [5.74, 6) is 0.372. The molecular formula is C12H25N3O3S. The van der Waals surface area contributed by atoms with Gasteiger partial charge in [0.05, 0.1) is 6.26 Å². The second-order valence-electron chi connectivity index (χ2n) is 5.95. The van der Waals surface area contributed by atoms with Gasteiger partial charge in [0.25, 0.3) is 0 Å². The van der Waals surface area contributed by atoms with E-state index in [2.05, 4.69) is 15.4 Å². The number of piperidine rings is 1. The minimum Gasteiger partial charge on any atom is -0.354 e. The van der Waals surface area contributed by atoms with Crippen molar-refractivity contribution in [3.05, 3.63) is 0 Å². The molecule has 0 aliphatic carbocycles. The van der Waals surface area contributed by atoms with Gasteiger partial charge in [-0.1, -0.05) is 0 Å². The zero-order valence-corrected chi connectivity index (χ0v) is 12.8. The Kier molecular flexibility index (Phi) is 5.76. The van der Waals surface area contributed by atoms with Crippen LogP contribution in [-0.4, -0.2) is 45.8 Å². The molecule has 1 rings (SSSR count). The molecule has 0 aromatic carbocycles. The summed E-state index contributed by atoms with van der Waals surface area (Å²) >= 11 is 0. The van der Waals surface area contributed by atoms with E-state index in [9.17, 15) is 13.2 Å². The van der Waals surface area contributed by atoms with E-state index in [4.69, 9.17) is 0 Å². The summed E-state index contributed by atoms with van der Waals surface area (Å²) in [7, 11) is -3.27. The Morgan fingerprint density at radius 3 is 2.63 bits per heavy atom. The SMILES string of the molecule is CC(C)(CNC(=O)CC1CCCNC1)NS(C)(=O)=O. The van der Waals surface area contributed by atoms with Crippen LogP contribution in [0.4, 0.5) is 0 Å². The van der Waals surface area contributed by atoms with E-state index < -0.39 is 15.6 Å². The van der Waals surface area contributed by atoms with Crippen LogP contribution < -0.4 is 15.4 Å². The van der Waals surface area contributed by atoms with Gasteiger partial charge >= 0.3 is 0 Å². The van der Waals surface area contributed by atoms with Gasteiger partial charge in [-0.05, 0) is 45.7 Å². The van der Waals surface area contributed by atoms with E-state index >= 15 is 0 Å². The number of carbonyl (C=O) groups is 1. The van der Waals surface area contributed by atoms with E-state index in [0.717, 1.165) is 32.2 Å². The average molecular weight is 291 g/mol. The van der Waals surface area contributed by atoms with E-state index in [1.165, 1.54) is 0 Å². The van der Waals surface area contributed by atoms with Crippen molar-refractivity contribution in [2.45, 2.75) is 38.6 Å². The third-order valence-corrected chi connectivity index (χ3v) is 3.99. The number of hydrogen-bond acceptors (Lipinski definition) is 4. The Balaban J connectivity index is 2.32. The van der Waals surface area contributed by atoms with Crippen molar-refractivity contribution in [1.82, 2.24) is 15.4 Å². The number of nitrogens with one attached hydrogen (secondary N) is 3. The maximum atomic E-state index is 11.8. The highest BCUT2D eigenvalue weighted by atomic mass is 32.2. The molecule has 1 aliphatic rings. The highest BCUT2D eigenvalue weighted by molar-refractivity contribution is 7.88. The largest absolute Gasteiger partial charge is 0.354 e. The summed E-state index contributed by atoms with van der Waals surface area (Å²) in [6.07, 6.45) is 3.80. The first kappa shape index (κ1) is 16.4. The van der Waals surface area contributed by atoms with Crippen molar-refractivity contribution < 1.29 is 13.2 Å². The van der Waals surface area contributed by atoms with Crippen molar-refractivity contribution in [3.8, 4) is 0 Å². The standard InChI is InChI=1S/C12H25N3O3S/c1-12(2,15-19(3,17)18)9-14-11(16)7-10-5-4-6-13-8-10/h10,13,15H,4-9H2,1-3H3,(H,14,16). The van der Waals surface area contributed by atoms with Crippen molar-refractivity contribution in [3.63, 3.8) is 0 Å². The van der Waals surface area contributed by atoms with Crippen LogP contribution >= 0.6 is 0 Å². The normalized spacial score (nSPS) is 21.1. The summed E-state index contributed by atoms with van der Waals surface area (Å²) in [5, 5.41) is 6.07. The summed E-state index contributed by atoms with van der Waals surface area (Å²) in [6, 6.07) is 0. The molecule has 1 unspecified atom stereocenters. The molecule has 0 bridgehead atoms. The Morgan fingerprint density at radius 2 is 2.11 bits per heavy atom. The van der Waals surface area contributed by atoms with Crippen LogP contribution in [0.5, 0.6) is 0 Å². The smallest absolute Gasteiger partial charge is 0.220 e. The molecule has 0 saturated carbocycles. The molecule has 1 aliphatic heterocycles. The molecule has 0 aromatic rings. The van der Waals surface area contributed by atoms with E-state index in [1.807, 2.05) is 0 Å². The number of sulfonamides is 1. The molecule has 1 fully saturated rings. The lowest BCUT2D eigenvalue weighted by molar-refractivity contribution is -0.122. The monoisotopic (exact) mass is 291 g/mol. The minimum atomic E-state index is -3.27. The van der Waals surface area contributed by atoms with E-state index in [-0.39, 0.29) is 5.91 Å². The van der Waals surface area contributed by atoms with Crippen LogP contribution in [0, 0.1) is 5.92 Å². The van der Waals surface area contributed by atoms with Crippen LogP contribution in [0.25, 0.3) is 0 Å². The molecule has 0 aromatic heterocycles. The predicted octanol–water partition coefficient (Wildman–Crippen LogP) is -0.180. The number of hydrogen-bond donors (Lipinski definition) is 3. The van der Waals surface area contributed by atoms with Crippen LogP contribution in [0.3, 0.4) is 0 Å². The van der Waals surface area contributed by atoms with Crippen LogP contribution in [0.2, 0.25) is 0 Å². The quantitative estimate of drug-likeness (QED) is 0.633. The first-order valence-electron chi connectivity index (χ1n) is 6.64. The van der Waals surface area contributed by atoms with Gasteiger partial charge in [0.15, 0.2) is 0 Å². The second-order valence-corrected chi connectivity index (χ2v) is 7.70. The maximum Gasteiger partial charge on any atom is 0.220 e. The summed E-state index contributed by atoms with van der Waals surface area (Å²) in [5.41, 5.74) is -0.673. The lowest BCUT2D eigenvalue weighted by atomic mass is 9.96. The molecule has 7 heteroatoms. The summed E-state index contributed by atoms with van der Waals surface area (Å²) in [6.45, 7) is 5.70. The Hall–Kier alpha value is -0.660. The molecule has 1 amide bonds. The molecule has 112 valence electrons. The maximum absolute atomic E-state index is 11.8. The first-order chi connectivity index (χ1) is 8.68. The molecule has 1 atom stereocenters. The predicted molar refractivity (Wildman–Crippen MR) is 75.3 cm³/mol. The topological polar surface area (TPSA) is 87.3 Å². The second kappa shape index (κ2) is 6.67. The highest BCUT2D eigenvalue weighted by Crippen LogP contribution is 2.13. The summed E-state index contributed by atoms with van der Waals surface area (Å²) < 4.78 is 24.9. The molecule has 19 heavy (non-hydrogen) atoms. The van der Waals surface area contributed by atoms with E-state index in [0.29, 0.717) is 18.9 Å². The van der Waals surface area contributed by atoms with Gasteiger partial charge in [0.2, 0.25) is 15.9 Å². The zero-order valence-electron chi connectivity index (χ0n) is 12.0. The van der Waals surface area contributed by atoms with Gasteiger partial charge in [-0.2, -0.15) is 0 Å². The third kappa shape index (κ3) is 7.49. The fraction of sp³-hybridized carbons (Fsp3) is 0.917. The molecule has 1 heterocycles. The molecular weight excluding hydrogens is 266 g/mol. The van der Waals surface area contributed by atoms with Gasteiger partial charge in [0, 0.05) is 18.5 Å². The van der Waals surface area contributed by atoms with Crippen molar-refractivity contribution in [2.75, 3.05) is 25.9 Å². The van der Waals surface area contributed by atoms with Crippen LogP contribution in [0.1, 0.15) is 33.1 Å². The van der Waals surface area contributed by atoms with Crippen molar-refractivity contribution in [1.29, 1.82) is 0 Å². The summed E-state index contributed by atoms with van der Waals surface area (Å²) in [4.78, 5) is 11.8. The first-order valence-corrected chi connectivity index (χ1v) is 8.53. The Labute approximate surface area is 115 Å². The van der Waals surface area contributed by atoms with Crippen LogP contribution in [0.15, 0.2) is 0 Å². The van der Waals surface area contributed by atoms with Crippen LogP contribution in [-0.2, 0) is 14.8 Å². The number of amides is 1. The minimum absolute atomic E-state index is 0.0166. The van der Waals surface area contributed by atoms with Gasteiger partial charge in [-0.25, -0.2) is 13.1 Å². The molecule has 0 radical (unpaired) electrons. The van der Waals surface area contributed by atoms with E-state index in [1.54, 1.807) is 13.8 Å². The van der Waals surface area contributed by atoms with Crippen molar-refractivity contribution in [2.24, 2.45) is 5.92 Å².